The molecular weight excluding hydrogens is 222 g/mol. The highest BCUT2D eigenvalue weighted by Crippen LogP contribution is 2.28. The van der Waals surface area contributed by atoms with Crippen molar-refractivity contribution in [2.75, 3.05) is 19.0 Å². The second kappa shape index (κ2) is 7.96. The van der Waals surface area contributed by atoms with E-state index in [0.29, 0.717) is 12.6 Å². The summed E-state index contributed by atoms with van der Waals surface area (Å²) < 4.78 is 5.09. The van der Waals surface area contributed by atoms with Crippen molar-refractivity contribution >= 4 is 17.7 Å². The van der Waals surface area contributed by atoms with Crippen molar-refractivity contribution in [2.45, 2.75) is 50.8 Å². The first kappa shape index (κ1) is 13.8. The van der Waals surface area contributed by atoms with E-state index in [-0.39, 0.29) is 12.5 Å². The van der Waals surface area contributed by atoms with Gasteiger partial charge in [0, 0.05) is 17.9 Å². The summed E-state index contributed by atoms with van der Waals surface area (Å²) in [5, 5.41) is 3.80. The standard InChI is InChI=1S/C12H23NO2S/c1-3-15-9-12(14)13-10-6-5-7-11(8-10)16-4-2/h10-11H,3-9H2,1-2H3,(H,13,14)/t10-,11+/m1/s1. The summed E-state index contributed by atoms with van der Waals surface area (Å²) in [5.41, 5.74) is 0. The minimum Gasteiger partial charge on any atom is -0.372 e. The van der Waals surface area contributed by atoms with Gasteiger partial charge in [0.15, 0.2) is 0 Å². The third-order valence-electron chi connectivity index (χ3n) is 2.83. The Morgan fingerprint density at radius 2 is 2.25 bits per heavy atom. The third kappa shape index (κ3) is 5.21. The van der Waals surface area contributed by atoms with Gasteiger partial charge in [0.2, 0.25) is 5.91 Å². The Bertz CT molecular complexity index is 209. The number of amides is 1. The van der Waals surface area contributed by atoms with Crippen LogP contribution in [0.2, 0.25) is 0 Å². The highest BCUT2D eigenvalue weighted by atomic mass is 32.2. The maximum atomic E-state index is 11.5. The van der Waals surface area contributed by atoms with Crippen LogP contribution in [0.3, 0.4) is 0 Å². The molecule has 0 unspecified atom stereocenters. The maximum Gasteiger partial charge on any atom is 0.246 e. The molecule has 16 heavy (non-hydrogen) atoms. The molecule has 0 heterocycles. The van der Waals surface area contributed by atoms with Gasteiger partial charge in [-0.1, -0.05) is 13.3 Å². The van der Waals surface area contributed by atoms with Gasteiger partial charge >= 0.3 is 0 Å². The molecule has 1 aliphatic rings. The van der Waals surface area contributed by atoms with Crippen LogP contribution in [0.4, 0.5) is 0 Å². The van der Waals surface area contributed by atoms with E-state index in [2.05, 4.69) is 12.2 Å². The van der Waals surface area contributed by atoms with Crippen LogP contribution in [0.5, 0.6) is 0 Å². The molecule has 2 atom stereocenters. The van der Waals surface area contributed by atoms with Crippen LogP contribution in [0, 0.1) is 0 Å². The summed E-state index contributed by atoms with van der Waals surface area (Å²) in [5.74, 6) is 1.21. The van der Waals surface area contributed by atoms with Gasteiger partial charge in [0.1, 0.15) is 6.61 Å². The average molecular weight is 245 g/mol. The lowest BCUT2D eigenvalue weighted by Crippen LogP contribution is -2.40. The monoisotopic (exact) mass is 245 g/mol. The number of ether oxygens (including phenoxy) is 1. The van der Waals surface area contributed by atoms with Crippen molar-refractivity contribution in [1.82, 2.24) is 5.32 Å². The molecule has 1 rings (SSSR count). The molecule has 94 valence electrons. The number of hydrogen-bond donors (Lipinski definition) is 1. The van der Waals surface area contributed by atoms with E-state index >= 15 is 0 Å². The molecule has 1 N–H and O–H groups in total. The van der Waals surface area contributed by atoms with Crippen LogP contribution in [0.25, 0.3) is 0 Å². The quantitative estimate of drug-likeness (QED) is 0.779. The third-order valence-corrected chi connectivity index (χ3v) is 4.06. The Balaban J connectivity index is 2.22. The van der Waals surface area contributed by atoms with Crippen LogP contribution >= 0.6 is 11.8 Å². The lowest BCUT2D eigenvalue weighted by atomic mass is 9.95. The van der Waals surface area contributed by atoms with E-state index < -0.39 is 0 Å². The summed E-state index contributed by atoms with van der Waals surface area (Å²) in [6.45, 7) is 4.91. The molecule has 3 nitrogen and oxygen atoms in total. The van der Waals surface area contributed by atoms with E-state index in [0.717, 1.165) is 18.1 Å². The zero-order chi connectivity index (χ0) is 11.8. The zero-order valence-corrected chi connectivity index (χ0v) is 11.1. The summed E-state index contributed by atoms with van der Waals surface area (Å²) in [6, 6.07) is 0.366. The SMILES string of the molecule is CCOCC(=O)N[C@@H]1CCC[C@H](SCC)C1. The van der Waals surface area contributed by atoms with E-state index in [9.17, 15) is 4.79 Å². The first-order chi connectivity index (χ1) is 7.76. The molecule has 0 aromatic carbocycles. The minimum absolute atomic E-state index is 0.0361. The number of carbonyl (C=O) groups excluding carboxylic acids is 1. The van der Waals surface area contributed by atoms with Gasteiger partial charge in [-0.3, -0.25) is 4.79 Å². The Kier molecular flexibility index (Phi) is 6.88. The molecule has 1 fully saturated rings. The molecule has 0 aromatic rings. The van der Waals surface area contributed by atoms with Crippen LogP contribution in [-0.4, -0.2) is 36.2 Å². The van der Waals surface area contributed by atoms with Gasteiger partial charge in [-0.15, -0.1) is 0 Å². The molecule has 1 aliphatic carbocycles. The first-order valence-corrected chi connectivity index (χ1v) is 7.29. The highest BCUT2D eigenvalue weighted by molar-refractivity contribution is 7.99. The number of nitrogens with one attached hydrogen (secondary N) is 1. The van der Waals surface area contributed by atoms with Crippen molar-refractivity contribution in [3.8, 4) is 0 Å². The molecular formula is C12H23NO2S. The molecule has 0 bridgehead atoms. The summed E-state index contributed by atoms with van der Waals surface area (Å²) in [4.78, 5) is 11.5. The van der Waals surface area contributed by atoms with Crippen molar-refractivity contribution < 1.29 is 9.53 Å². The Morgan fingerprint density at radius 1 is 1.44 bits per heavy atom. The van der Waals surface area contributed by atoms with Gasteiger partial charge < -0.3 is 10.1 Å². The van der Waals surface area contributed by atoms with Gasteiger partial charge in [-0.05, 0) is 31.9 Å². The molecule has 0 aliphatic heterocycles. The fourth-order valence-electron chi connectivity index (χ4n) is 2.13. The molecule has 0 radical (unpaired) electrons. The number of carbonyl (C=O) groups is 1. The van der Waals surface area contributed by atoms with Gasteiger partial charge in [-0.2, -0.15) is 11.8 Å². The Labute approximate surface area is 103 Å². The second-order valence-corrected chi connectivity index (χ2v) is 5.72. The van der Waals surface area contributed by atoms with Crippen LogP contribution in [0.15, 0.2) is 0 Å². The van der Waals surface area contributed by atoms with Crippen LogP contribution < -0.4 is 5.32 Å². The largest absolute Gasteiger partial charge is 0.372 e. The van der Waals surface area contributed by atoms with E-state index in [1.165, 1.54) is 18.6 Å². The minimum atomic E-state index is 0.0361. The smallest absolute Gasteiger partial charge is 0.246 e. The highest BCUT2D eigenvalue weighted by Gasteiger charge is 2.22. The summed E-state index contributed by atoms with van der Waals surface area (Å²) in [7, 11) is 0. The lowest BCUT2D eigenvalue weighted by Gasteiger charge is -2.29. The molecule has 0 aromatic heterocycles. The normalized spacial score (nSPS) is 25.4. The van der Waals surface area contributed by atoms with E-state index in [1.54, 1.807) is 0 Å². The fraction of sp³-hybridized carbons (Fsp3) is 0.917. The number of hydrogen-bond acceptors (Lipinski definition) is 3. The van der Waals surface area contributed by atoms with Crippen molar-refractivity contribution in [3.05, 3.63) is 0 Å². The molecule has 1 saturated carbocycles. The number of rotatable bonds is 6. The first-order valence-electron chi connectivity index (χ1n) is 6.25. The van der Waals surface area contributed by atoms with Crippen molar-refractivity contribution in [3.63, 3.8) is 0 Å². The lowest BCUT2D eigenvalue weighted by molar-refractivity contribution is -0.126. The predicted octanol–water partition coefficient (Wildman–Crippen LogP) is 2.20. The van der Waals surface area contributed by atoms with Crippen LogP contribution in [-0.2, 0) is 9.53 Å². The molecule has 0 saturated heterocycles. The van der Waals surface area contributed by atoms with Crippen molar-refractivity contribution in [2.24, 2.45) is 0 Å². The zero-order valence-electron chi connectivity index (χ0n) is 10.3. The maximum absolute atomic E-state index is 11.5. The molecule has 4 heteroatoms. The second-order valence-electron chi connectivity index (χ2n) is 4.15. The fourth-order valence-corrected chi connectivity index (χ4v) is 3.30. The van der Waals surface area contributed by atoms with Gasteiger partial charge in [0.25, 0.3) is 0 Å². The van der Waals surface area contributed by atoms with Gasteiger partial charge in [-0.25, -0.2) is 0 Å². The summed E-state index contributed by atoms with van der Waals surface area (Å²) in [6.07, 6.45) is 4.78. The Hall–Kier alpha value is -0.220. The Morgan fingerprint density at radius 3 is 2.94 bits per heavy atom. The topological polar surface area (TPSA) is 38.3 Å². The predicted molar refractivity (Wildman–Crippen MR) is 68.8 cm³/mol. The van der Waals surface area contributed by atoms with Crippen LogP contribution in [0.1, 0.15) is 39.5 Å². The molecule has 1 amide bonds. The van der Waals surface area contributed by atoms with E-state index in [4.69, 9.17) is 4.74 Å². The number of thioether (sulfide) groups is 1. The average Bonchev–Trinajstić information content (AvgIpc) is 2.27. The molecule has 0 spiro atoms. The van der Waals surface area contributed by atoms with Gasteiger partial charge in [0.05, 0.1) is 0 Å². The van der Waals surface area contributed by atoms with Crippen molar-refractivity contribution in [1.29, 1.82) is 0 Å². The summed E-state index contributed by atoms with van der Waals surface area (Å²) >= 11 is 2.02. The van der Waals surface area contributed by atoms with E-state index in [1.807, 2.05) is 18.7 Å².